The minimum atomic E-state index is -1.08. The zero-order valence-electron chi connectivity index (χ0n) is 15.9. The van der Waals surface area contributed by atoms with Crippen molar-refractivity contribution in [2.75, 3.05) is 13.7 Å². The first-order valence-electron chi connectivity index (χ1n) is 8.94. The fourth-order valence-corrected chi connectivity index (χ4v) is 3.33. The number of aliphatic imine (C=N–C) groups is 1. The van der Waals surface area contributed by atoms with Crippen molar-refractivity contribution in [2.45, 2.75) is 5.54 Å². The number of carbonyl (C=O) groups is 1. The van der Waals surface area contributed by atoms with Crippen molar-refractivity contribution in [2.24, 2.45) is 4.99 Å². The highest BCUT2D eigenvalue weighted by Crippen LogP contribution is 2.40. The van der Waals surface area contributed by atoms with E-state index in [1.165, 1.54) is 25.6 Å². The van der Waals surface area contributed by atoms with E-state index in [-0.39, 0.29) is 24.9 Å². The molecule has 2 aromatic carbocycles. The fraction of sp³-hybridized carbons (Fsp3) is 0.143. The first-order chi connectivity index (χ1) is 14.7. The predicted octanol–water partition coefficient (Wildman–Crippen LogP) is 2.60. The molecule has 0 saturated carbocycles. The lowest BCUT2D eigenvalue weighted by atomic mass is 9.83. The molecular formula is C21H17FN4O4. The lowest BCUT2D eigenvalue weighted by Crippen LogP contribution is -2.27. The Morgan fingerprint density at radius 2 is 1.93 bits per heavy atom. The highest BCUT2D eigenvalue weighted by molar-refractivity contribution is 5.77. The number of nitrogens with one attached hydrogen (secondary N) is 1. The maximum Gasteiger partial charge on any atom is 0.320 e. The number of rotatable bonds is 6. The van der Waals surface area contributed by atoms with Gasteiger partial charge in [-0.15, -0.1) is 0 Å². The van der Waals surface area contributed by atoms with Crippen molar-refractivity contribution in [1.82, 2.24) is 15.4 Å². The van der Waals surface area contributed by atoms with Gasteiger partial charge in [0.15, 0.2) is 17.1 Å². The second kappa shape index (κ2) is 8.16. The SMILES string of the molecule is COc1ccc(C2(c3cccc(-c4cncnc4)c3)COC(NOC=O)=N2)cc1F. The van der Waals surface area contributed by atoms with Crippen LogP contribution in [0.25, 0.3) is 11.1 Å². The Bertz CT molecular complexity index is 1090. The molecule has 1 N–H and O–H groups in total. The molecule has 152 valence electrons. The van der Waals surface area contributed by atoms with Gasteiger partial charge >= 0.3 is 12.5 Å². The second-order valence-electron chi connectivity index (χ2n) is 6.44. The molecule has 0 radical (unpaired) electrons. The molecule has 0 bridgehead atoms. The van der Waals surface area contributed by atoms with Gasteiger partial charge in [-0.25, -0.2) is 19.4 Å². The zero-order chi connectivity index (χ0) is 21.0. The van der Waals surface area contributed by atoms with E-state index in [0.717, 1.165) is 16.7 Å². The summed E-state index contributed by atoms with van der Waals surface area (Å²) < 4.78 is 25.1. The van der Waals surface area contributed by atoms with Gasteiger partial charge in [-0.2, -0.15) is 5.48 Å². The monoisotopic (exact) mass is 408 g/mol. The van der Waals surface area contributed by atoms with Crippen molar-refractivity contribution < 1.29 is 23.5 Å². The summed E-state index contributed by atoms with van der Waals surface area (Å²) in [6, 6.07) is 12.2. The number of aromatic nitrogens is 2. The molecular weight excluding hydrogens is 391 g/mol. The summed E-state index contributed by atoms with van der Waals surface area (Å²) in [5, 5.41) is 0. The fourth-order valence-electron chi connectivity index (χ4n) is 3.33. The van der Waals surface area contributed by atoms with E-state index < -0.39 is 11.4 Å². The Labute approximate surface area is 171 Å². The standard InChI is InChI=1S/C21H17FN4O4/c1-28-19-6-5-17(8-18(19)22)21(11-29-20(25-21)26-30-13-27)16-4-2-3-14(7-16)15-9-23-12-24-10-15/h2-10,12-13H,11H2,1H3,(H,25,26). The molecule has 1 aromatic heterocycles. The number of benzene rings is 2. The van der Waals surface area contributed by atoms with Crippen LogP contribution in [-0.2, 0) is 19.9 Å². The maximum atomic E-state index is 14.5. The van der Waals surface area contributed by atoms with Crippen LogP contribution in [0.5, 0.6) is 5.75 Å². The molecule has 4 rings (SSSR count). The van der Waals surface area contributed by atoms with E-state index in [1.807, 2.05) is 24.3 Å². The second-order valence-corrected chi connectivity index (χ2v) is 6.44. The third kappa shape index (κ3) is 3.52. The van der Waals surface area contributed by atoms with E-state index in [0.29, 0.717) is 5.56 Å². The summed E-state index contributed by atoms with van der Waals surface area (Å²) in [4.78, 5) is 27.7. The van der Waals surface area contributed by atoms with Crippen LogP contribution in [0.4, 0.5) is 4.39 Å². The number of halogens is 1. The van der Waals surface area contributed by atoms with Crippen LogP contribution in [0.3, 0.4) is 0 Å². The summed E-state index contributed by atoms with van der Waals surface area (Å²) in [5.74, 6) is -0.405. The van der Waals surface area contributed by atoms with Crippen molar-refractivity contribution in [3.63, 3.8) is 0 Å². The molecule has 0 spiro atoms. The van der Waals surface area contributed by atoms with E-state index in [2.05, 4.69) is 25.3 Å². The van der Waals surface area contributed by atoms with Crippen LogP contribution >= 0.6 is 0 Å². The van der Waals surface area contributed by atoms with Crippen molar-refractivity contribution >= 4 is 12.5 Å². The summed E-state index contributed by atoms with van der Waals surface area (Å²) >= 11 is 0. The summed E-state index contributed by atoms with van der Waals surface area (Å²) in [5.41, 5.74) is 4.23. The molecule has 9 heteroatoms. The lowest BCUT2D eigenvalue weighted by Gasteiger charge is -2.26. The van der Waals surface area contributed by atoms with Crippen LogP contribution in [0.15, 0.2) is 66.2 Å². The van der Waals surface area contributed by atoms with Crippen LogP contribution < -0.4 is 10.2 Å². The Morgan fingerprint density at radius 1 is 1.13 bits per heavy atom. The molecule has 8 nitrogen and oxygen atoms in total. The molecule has 0 aliphatic carbocycles. The average molecular weight is 408 g/mol. The van der Waals surface area contributed by atoms with Gasteiger partial charge in [0.1, 0.15) is 12.9 Å². The van der Waals surface area contributed by atoms with Gasteiger partial charge < -0.3 is 14.3 Å². The molecule has 1 atom stereocenters. The van der Waals surface area contributed by atoms with Gasteiger partial charge in [-0.1, -0.05) is 24.3 Å². The van der Waals surface area contributed by atoms with Gasteiger partial charge in [0.25, 0.3) is 0 Å². The molecule has 0 saturated heterocycles. The molecule has 2 heterocycles. The number of amidine groups is 1. The first-order valence-corrected chi connectivity index (χ1v) is 8.94. The highest BCUT2D eigenvalue weighted by Gasteiger charge is 2.41. The minimum Gasteiger partial charge on any atom is -0.494 e. The molecule has 3 aromatic rings. The molecule has 0 amide bonds. The molecule has 0 fully saturated rings. The topological polar surface area (TPSA) is 94.9 Å². The van der Waals surface area contributed by atoms with Crippen molar-refractivity contribution in [1.29, 1.82) is 0 Å². The first kappa shape index (κ1) is 19.3. The third-order valence-corrected chi connectivity index (χ3v) is 4.77. The van der Waals surface area contributed by atoms with Gasteiger partial charge in [-0.05, 0) is 34.9 Å². The smallest absolute Gasteiger partial charge is 0.320 e. The van der Waals surface area contributed by atoms with Gasteiger partial charge in [0, 0.05) is 18.0 Å². The van der Waals surface area contributed by atoms with Crippen LogP contribution in [0, 0.1) is 5.82 Å². The number of carbonyl (C=O) groups excluding carboxylic acids is 1. The normalized spacial score (nSPS) is 17.6. The zero-order valence-corrected chi connectivity index (χ0v) is 15.9. The van der Waals surface area contributed by atoms with E-state index in [9.17, 15) is 9.18 Å². The number of ether oxygens (including phenoxy) is 2. The number of hydroxylamine groups is 1. The number of methoxy groups -OCH3 is 1. The number of nitrogens with zero attached hydrogens (tertiary/aromatic N) is 3. The lowest BCUT2D eigenvalue weighted by molar-refractivity contribution is -0.132. The molecule has 1 unspecified atom stereocenters. The van der Waals surface area contributed by atoms with E-state index >= 15 is 0 Å². The van der Waals surface area contributed by atoms with E-state index in [1.54, 1.807) is 18.5 Å². The molecule has 1 aliphatic rings. The Hall–Kier alpha value is -4.01. The molecule has 1 aliphatic heterocycles. The van der Waals surface area contributed by atoms with Crippen LogP contribution in [0.1, 0.15) is 11.1 Å². The van der Waals surface area contributed by atoms with Crippen LogP contribution in [-0.4, -0.2) is 36.2 Å². The predicted molar refractivity (Wildman–Crippen MR) is 105 cm³/mol. The van der Waals surface area contributed by atoms with Crippen molar-refractivity contribution in [3.8, 4) is 16.9 Å². The van der Waals surface area contributed by atoms with Gasteiger partial charge in [-0.3, -0.25) is 4.79 Å². The molecule has 30 heavy (non-hydrogen) atoms. The van der Waals surface area contributed by atoms with Gasteiger partial charge in [0.2, 0.25) is 0 Å². The van der Waals surface area contributed by atoms with E-state index in [4.69, 9.17) is 9.47 Å². The summed E-state index contributed by atoms with van der Waals surface area (Å²) in [7, 11) is 1.40. The Balaban J connectivity index is 1.84. The van der Waals surface area contributed by atoms with Gasteiger partial charge in [0.05, 0.1) is 7.11 Å². The van der Waals surface area contributed by atoms with Crippen LogP contribution in [0.2, 0.25) is 0 Å². The largest absolute Gasteiger partial charge is 0.494 e. The third-order valence-electron chi connectivity index (χ3n) is 4.77. The Morgan fingerprint density at radius 3 is 2.67 bits per heavy atom. The van der Waals surface area contributed by atoms with Crippen molar-refractivity contribution in [3.05, 3.63) is 78.1 Å². The number of hydrogen-bond acceptors (Lipinski definition) is 8. The summed E-state index contributed by atoms with van der Waals surface area (Å²) in [6.07, 6.45) is 4.85. The Kier molecular flexibility index (Phi) is 5.25. The minimum absolute atomic E-state index is 0.00627. The maximum absolute atomic E-state index is 14.5. The summed E-state index contributed by atoms with van der Waals surface area (Å²) in [6.45, 7) is 0.285. The highest BCUT2D eigenvalue weighted by atomic mass is 19.1. The average Bonchev–Trinajstić information content (AvgIpc) is 3.24. The quantitative estimate of drug-likeness (QED) is 0.495. The number of hydrogen-bond donors (Lipinski definition) is 1.